The van der Waals surface area contributed by atoms with Crippen LogP contribution in [0.5, 0.6) is 5.75 Å². The monoisotopic (exact) mass is 434 g/mol. The molecule has 6 heteroatoms. The molecule has 2 heterocycles. The molecular formula is C26H30N2O4. The highest BCUT2D eigenvalue weighted by atomic mass is 16.5. The van der Waals surface area contributed by atoms with Crippen LogP contribution in [0.1, 0.15) is 41.0 Å². The summed E-state index contributed by atoms with van der Waals surface area (Å²) in [6.45, 7) is 7.95. The first-order valence-electron chi connectivity index (χ1n) is 11.0. The lowest BCUT2D eigenvalue weighted by Gasteiger charge is -2.23. The van der Waals surface area contributed by atoms with Crippen LogP contribution in [0.2, 0.25) is 0 Å². The molecule has 1 aromatic heterocycles. The Bertz CT molecular complexity index is 1090. The summed E-state index contributed by atoms with van der Waals surface area (Å²) in [6, 6.07) is 14.0. The van der Waals surface area contributed by atoms with Crippen LogP contribution in [0.25, 0.3) is 11.5 Å². The van der Waals surface area contributed by atoms with E-state index in [1.807, 2.05) is 43.3 Å². The Labute approximate surface area is 189 Å². The number of benzene rings is 2. The van der Waals surface area contributed by atoms with E-state index in [9.17, 15) is 4.79 Å². The molecule has 1 unspecified atom stereocenters. The summed E-state index contributed by atoms with van der Waals surface area (Å²) in [5.41, 5.74) is 5.16. The van der Waals surface area contributed by atoms with Crippen LogP contribution in [0.3, 0.4) is 0 Å². The fraction of sp³-hybridized carbons (Fsp3) is 0.385. The fourth-order valence-corrected chi connectivity index (χ4v) is 4.15. The molecule has 6 nitrogen and oxygen atoms in total. The van der Waals surface area contributed by atoms with Crippen molar-refractivity contribution >= 4 is 5.97 Å². The maximum atomic E-state index is 12.1. The van der Waals surface area contributed by atoms with Gasteiger partial charge in [0.05, 0.1) is 7.11 Å². The van der Waals surface area contributed by atoms with Gasteiger partial charge in [-0.3, -0.25) is 9.69 Å². The molecule has 1 aliphatic rings. The minimum Gasteiger partial charge on any atom is -0.487 e. The van der Waals surface area contributed by atoms with Crippen LogP contribution >= 0.6 is 0 Å². The topological polar surface area (TPSA) is 64.8 Å². The van der Waals surface area contributed by atoms with Crippen molar-refractivity contribution in [2.24, 2.45) is 0 Å². The average Bonchev–Trinajstić information content (AvgIpc) is 3.41. The quantitative estimate of drug-likeness (QED) is 0.489. The number of hydrogen-bond donors (Lipinski definition) is 0. The molecule has 0 bridgehead atoms. The molecular weight excluding hydrogens is 404 g/mol. The summed E-state index contributed by atoms with van der Waals surface area (Å²) in [6.07, 6.45) is 1.85. The summed E-state index contributed by atoms with van der Waals surface area (Å²) in [7, 11) is 1.45. The van der Waals surface area contributed by atoms with E-state index >= 15 is 0 Å². The van der Waals surface area contributed by atoms with Crippen LogP contribution in [-0.4, -0.2) is 35.5 Å². The van der Waals surface area contributed by atoms with Crippen molar-refractivity contribution in [3.8, 4) is 17.2 Å². The number of esters is 1. The summed E-state index contributed by atoms with van der Waals surface area (Å²) in [5.74, 6) is 2.02. The molecule has 0 N–H and O–H groups in total. The van der Waals surface area contributed by atoms with Crippen molar-refractivity contribution in [1.29, 1.82) is 0 Å². The Morgan fingerprint density at radius 2 is 1.94 bits per heavy atom. The maximum Gasteiger partial charge on any atom is 0.323 e. The Morgan fingerprint density at radius 3 is 2.69 bits per heavy atom. The third-order valence-electron chi connectivity index (χ3n) is 6.16. The predicted molar refractivity (Wildman–Crippen MR) is 122 cm³/mol. The average molecular weight is 435 g/mol. The minimum atomic E-state index is -0.165. The van der Waals surface area contributed by atoms with Gasteiger partial charge in [0.25, 0.3) is 0 Å². The van der Waals surface area contributed by atoms with Gasteiger partial charge in [0.15, 0.2) is 0 Å². The van der Waals surface area contributed by atoms with Gasteiger partial charge >= 0.3 is 5.97 Å². The standard InChI is InChI=1S/C26H30N2O4/c1-17-10-12-20(13-11-17)25-27-22(19(3)32-25)16-31-24-9-5-7-21(18(24)2)15-28-14-6-8-23(28)26(29)30-4/h5,7,9-13,23H,6,8,14-16H2,1-4H3. The molecule has 4 rings (SSSR count). The molecule has 0 aliphatic carbocycles. The number of aryl methyl sites for hydroxylation is 2. The number of carbonyl (C=O) groups is 1. The highest BCUT2D eigenvalue weighted by Crippen LogP contribution is 2.28. The molecule has 1 fully saturated rings. The van der Waals surface area contributed by atoms with Crippen molar-refractivity contribution in [3.63, 3.8) is 0 Å². The van der Waals surface area contributed by atoms with Gasteiger partial charge in [0.1, 0.15) is 29.9 Å². The van der Waals surface area contributed by atoms with Gasteiger partial charge in [-0.15, -0.1) is 0 Å². The van der Waals surface area contributed by atoms with Crippen molar-refractivity contribution in [2.45, 2.75) is 52.8 Å². The first-order valence-corrected chi connectivity index (χ1v) is 11.0. The van der Waals surface area contributed by atoms with Gasteiger partial charge in [-0.2, -0.15) is 0 Å². The van der Waals surface area contributed by atoms with Crippen LogP contribution < -0.4 is 4.74 Å². The molecule has 0 saturated carbocycles. The summed E-state index contributed by atoms with van der Waals surface area (Å²) in [5, 5.41) is 0. The molecule has 1 saturated heterocycles. The third-order valence-corrected chi connectivity index (χ3v) is 6.16. The number of hydrogen-bond acceptors (Lipinski definition) is 6. The number of rotatable bonds is 7. The highest BCUT2D eigenvalue weighted by molar-refractivity contribution is 5.76. The van der Waals surface area contributed by atoms with Gasteiger partial charge < -0.3 is 13.9 Å². The molecule has 1 atom stereocenters. The van der Waals surface area contributed by atoms with E-state index < -0.39 is 0 Å². The minimum absolute atomic E-state index is 0.154. The number of carbonyl (C=O) groups excluding carboxylic acids is 1. The van der Waals surface area contributed by atoms with E-state index in [0.717, 1.165) is 53.3 Å². The zero-order valence-corrected chi connectivity index (χ0v) is 19.2. The Balaban J connectivity index is 1.46. The Morgan fingerprint density at radius 1 is 1.16 bits per heavy atom. The van der Waals surface area contributed by atoms with E-state index in [-0.39, 0.29) is 12.0 Å². The van der Waals surface area contributed by atoms with Gasteiger partial charge in [-0.05, 0) is 69.5 Å². The summed E-state index contributed by atoms with van der Waals surface area (Å²) >= 11 is 0. The zero-order valence-electron chi connectivity index (χ0n) is 19.2. The number of nitrogens with zero attached hydrogens (tertiary/aromatic N) is 2. The smallest absolute Gasteiger partial charge is 0.323 e. The van der Waals surface area contributed by atoms with E-state index in [1.165, 1.54) is 12.7 Å². The van der Waals surface area contributed by atoms with Crippen molar-refractivity contribution in [1.82, 2.24) is 9.88 Å². The van der Waals surface area contributed by atoms with E-state index in [2.05, 4.69) is 29.8 Å². The Hall–Kier alpha value is -3.12. The van der Waals surface area contributed by atoms with Gasteiger partial charge in [-0.1, -0.05) is 29.8 Å². The lowest BCUT2D eigenvalue weighted by molar-refractivity contribution is -0.146. The van der Waals surface area contributed by atoms with Crippen LogP contribution in [0.15, 0.2) is 46.9 Å². The highest BCUT2D eigenvalue weighted by Gasteiger charge is 2.31. The normalized spacial score (nSPS) is 16.3. The predicted octanol–water partition coefficient (Wildman–Crippen LogP) is 4.98. The van der Waals surface area contributed by atoms with E-state index in [0.29, 0.717) is 19.0 Å². The van der Waals surface area contributed by atoms with E-state index in [1.54, 1.807) is 0 Å². The first kappa shape index (κ1) is 22.1. The number of methoxy groups -OCH3 is 1. The second-order valence-electron chi connectivity index (χ2n) is 8.37. The maximum absolute atomic E-state index is 12.1. The number of aromatic nitrogens is 1. The lowest BCUT2D eigenvalue weighted by atomic mass is 10.1. The third kappa shape index (κ3) is 4.70. The molecule has 1 aliphatic heterocycles. The first-order chi connectivity index (χ1) is 15.5. The fourth-order valence-electron chi connectivity index (χ4n) is 4.15. The van der Waals surface area contributed by atoms with Crippen LogP contribution in [0, 0.1) is 20.8 Å². The second-order valence-corrected chi connectivity index (χ2v) is 8.37. The number of likely N-dealkylation sites (tertiary alicyclic amines) is 1. The summed E-state index contributed by atoms with van der Waals surface area (Å²) in [4.78, 5) is 18.9. The lowest BCUT2D eigenvalue weighted by Crippen LogP contribution is -2.36. The number of ether oxygens (including phenoxy) is 2. The molecule has 0 amide bonds. The zero-order chi connectivity index (χ0) is 22.7. The SMILES string of the molecule is COC(=O)C1CCCN1Cc1cccc(OCc2nc(-c3ccc(C)cc3)oc2C)c1C. The van der Waals surface area contributed by atoms with Crippen LogP contribution in [0.4, 0.5) is 0 Å². The number of oxazole rings is 1. The van der Waals surface area contributed by atoms with E-state index in [4.69, 9.17) is 13.9 Å². The van der Waals surface area contributed by atoms with Crippen molar-refractivity contribution < 1.29 is 18.7 Å². The summed E-state index contributed by atoms with van der Waals surface area (Å²) < 4.78 is 17.0. The molecule has 168 valence electrons. The molecule has 32 heavy (non-hydrogen) atoms. The van der Waals surface area contributed by atoms with Gasteiger partial charge in [0.2, 0.25) is 5.89 Å². The second kappa shape index (κ2) is 9.57. The van der Waals surface area contributed by atoms with Crippen molar-refractivity contribution in [2.75, 3.05) is 13.7 Å². The molecule has 3 aromatic rings. The van der Waals surface area contributed by atoms with Gasteiger partial charge in [0, 0.05) is 12.1 Å². The van der Waals surface area contributed by atoms with Crippen LogP contribution in [-0.2, 0) is 22.7 Å². The van der Waals surface area contributed by atoms with Gasteiger partial charge in [-0.25, -0.2) is 4.98 Å². The Kier molecular flexibility index (Phi) is 6.61. The van der Waals surface area contributed by atoms with Crippen molar-refractivity contribution in [3.05, 3.63) is 70.6 Å². The largest absolute Gasteiger partial charge is 0.487 e. The molecule has 0 spiro atoms. The molecule has 0 radical (unpaired) electrons. The molecule has 2 aromatic carbocycles.